The Bertz CT molecular complexity index is 1380. The maximum Gasteiger partial charge on any atom is 0.306 e. The number of ether oxygens (including phenoxy) is 3. The number of esters is 3. The summed E-state index contributed by atoms with van der Waals surface area (Å²) in [6.45, 7) is 6.51. The first-order valence-corrected chi connectivity index (χ1v) is 30.6. The molecule has 0 aliphatic rings. The summed E-state index contributed by atoms with van der Waals surface area (Å²) in [7, 11) is 0. The van der Waals surface area contributed by atoms with Crippen LogP contribution >= 0.6 is 0 Å². The van der Waals surface area contributed by atoms with Crippen LogP contribution in [-0.4, -0.2) is 37.2 Å². The monoisotopic (exact) mass is 1000 g/mol. The third kappa shape index (κ3) is 57.5. The van der Waals surface area contributed by atoms with Crippen molar-refractivity contribution in [2.24, 2.45) is 0 Å². The van der Waals surface area contributed by atoms with Crippen molar-refractivity contribution in [3.05, 3.63) is 85.1 Å². The van der Waals surface area contributed by atoms with Crippen molar-refractivity contribution in [1.82, 2.24) is 0 Å². The highest BCUT2D eigenvalue weighted by Gasteiger charge is 2.19. The van der Waals surface area contributed by atoms with E-state index in [1.165, 1.54) is 135 Å². The summed E-state index contributed by atoms with van der Waals surface area (Å²) in [5.41, 5.74) is 0. The normalized spacial score (nSPS) is 12.7. The third-order valence-corrected chi connectivity index (χ3v) is 13.1. The van der Waals surface area contributed by atoms with E-state index >= 15 is 0 Å². The van der Waals surface area contributed by atoms with E-state index in [2.05, 4.69) is 106 Å². The Labute approximate surface area is 445 Å². The fraction of sp³-hybridized carbons (Fsp3) is 0.742. The van der Waals surface area contributed by atoms with Crippen LogP contribution in [0.5, 0.6) is 0 Å². The number of rotatable bonds is 55. The molecular weight excluding hydrogens is 889 g/mol. The zero-order valence-electron chi connectivity index (χ0n) is 47.4. The minimum Gasteiger partial charge on any atom is -0.462 e. The number of unbranched alkanes of at least 4 members (excludes halogenated alkanes) is 30. The lowest BCUT2D eigenvalue weighted by Crippen LogP contribution is -2.30. The molecule has 0 saturated carbocycles. The summed E-state index contributed by atoms with van der Waals surface area (Å²) in [4.78, 5) is 38.2. The molecule has 0 rings (SSSR count). The highest BCUT2D eigenvalue weighted by Crippen LogP contribution is 2.16. The summed E-state index contributed by atoms with van der Waals surface area (Å²) in [5.74, 6) is -0.892. The maximum absolute atomic E-state index is 12.9. The highest BCUT2D eigenvalue weighted by atomic mass is 16.6. The lowest BCUT2D eigenvalue weighted by molar-refractivity contribution is -0.167. The first-order valence-electron chi connectivity index (χ1n) is 30.6. The van der Waals surface area contributed by atoms with E-state index < -0.39 is 6.10 Å². The van der Waals surface area contributed by atoms with Gasteiger partial charge in [-0.05, 0) is 96.3 Å². The number of carbonyl (C=O) groups excluding carboxylic acids is 3. The van der Waals surface area contributed by atoms with E-state index in [0.29, 0.717) is 19.3 Å². The van der Waals surface area contributed by atoms with Crippen molar-refractivity contribution in [2.45, 2.75) is 303 Å². The molecule has 0 radical (unpaired) electrons. The van der Waals surface area contributed by atoms with Crippen molar-refractivity contribution in [3.8, 4) is 0 Å². The van der Waals surface area contributed by atoms with Crippen LogP contribution in [0.3, 0.4) is 0 Å². The molecule has 0 aromatic rings. The number of allylic oxidation sites excluding steroid dienone is 14. The molecule has 0 aliphatic carbocycles. The fourth-order valence-electron chi connectivity index (χ4n) is 8.56. The smallest absolute Gasteiger partial charge is 0.306 e. The fourth-order valence-corrected chi connectivity index (χ4v) is 8.56. The van der Waals surface area contributed by atoms with Crippen LogP contribution in [-0.2, 0) is 28.6 Å². The van der Waals surface area contributed by atoms with E-state index in [1.54, 1.807) is 0 Å². The molecule has 1 unspecified atom stereocenters. The van der Waals surface area contributed by atoms with Crippen molar-refractivity contribution in [3.63, 3.8) is 0 Å². The van der Waals surface area contributed by atoms with Crippen LogP contribution in [0, 0.1) is 0 Å². The van der Waals surface area contributed by atoms with Crippen molar-refractivity contribution in [2.75, 3.05) is 13.2 Å². The summed E-state index contributed by atoms with van der Waals surface area (Å²) in [5, 5.41) is 0. The topological polar surface area (TPSA) is 78.9 Å². The summed E-state index contributed by atoms with van der Waals surface area (Å²) >= 11 is 0. The van der Waals surface area contributed by atoms with E-state index in [-0.39, 0.29) is 31.1 Å². The van der Waals surface area contributed by atoms with Crippen molar-refractivity contribution in [1.29, 1.82) is 0 Å². The van der Waals surface area contributed by atoms with Gasteiger partial charge in [0.25, 0.3) is 0 Å². The predicted octanol–water partition coefficient (Wildman–Crippen LogP) is 20.7. The van der Waals surface area contributed by atoms with Gasteiger partial charge in [0.2, 0.25) is 0 Å². The van der Waals surface area contributed by atoms with Gasteiger partial charge in [0.05, 0.1) is 0 Å². The standard InChI is InChI=1S/C66H114O6/c1-4-7-10-13-16-19-22-25-27-29-30-31-32-33-34-35-36-37-39-41-44-47-50-53-56-59-65(68)71-62-63(61-70-64(67)58-55-52-49-46-43-40-24-21-18-15-12-9-6-3)72-66(69)60-57-54-51-48-45-42-38-28-26-23-20-17-14-11-8-5-2/h7,10,16,19-20,23,25,27-28,30-31,33-34,38,63H,4-6,8-9,11-15,17-18,21-22,24,26,29,32,35-37,39-62H2,1-3H3/b10-7-,19-16-,23-20-,27-25-,31-30-,34-33-,38-28-. The zero-order chi connectivity index (χ0) is 52.2. The van der Waals surface area contributed by atoms with Gasteiger partial charge < -0.3 is 14.2 Å². The van der Waals surface area contributed by atoms with Crippen LogP contribution in [0.2, 0.25) is 0 Å². The van der Waals surface area contributed by atoms with Gasteiger partial charge in [-0.2, -0.15) is 0 Å². The number of carbonyl (C=O) groups is 3. The van der Waals surface area contributed by atoms with Crippen molar-refractivity contribution >= 4 is 17.9 Å². The summed E-state index contributed by atoms with van der Waals surface area (Å²) in [6.07, 6.45) is 78.6. The van der Waals surface area contributed by atoms with Crippen LogP contribution in [0.4, 0.5) is 0 Å². The molecule has 0 bridgehead atoms. The van der Waals surface area contributed by atoms with Gasteiger partial charge in [0.15, 0.2) is 6.10 Å². The molecular formula is C66H114O6. The molecule has 0 spiro atoms. The number of hydrogen-bond donors (Lipinski definition) is 0. The molecule has 0 heterocycles. The summed E-state index contributed by atoms with van der Waals surface area (Å²) < 4.78 is 16.9. The van der Waals surface area contributed by atoms with E-state index in [1.807, 2.05) is 0 Å². The van der Waals surface area contributed by atoms with Gasteiger partial charge in [-0.25, -0.2) is 0 Å². The second kappa shape index (κ2) is 60.1. The molecule has 6 nitrogen and oxygen atoms in total. The Morgan fingerprint density at radius 2 is 0.542 bits per heavy atom. The molecule has 0 N–H and O–H groups in total. The molecule has 6 heteroatoms. The lowest BCUT2D eigenvalue weighted by Gasteiger charge is -2.18. The Morgan fingerprint density at radius 3 is 0.861 bits per heavy atom. The predicted molar refractivity (Wildman–Crippen MR) is 311 cm³/mol. The van der Waals surface area contributed by atoms with E-state index in [0.717, 1.165) is 122 Å². The van der Waals surface area contributed by atoms with E-state index in [9.17, 15) is 14.4 Å². The molecule has 72 heavy (non-hydrogen) atoms. The van der Waals surface area contributed by atoms with Gasteiger partial charge in [-0.15, -0.1) is 0 Å². The van der Waals surface area contributed by atoms with Gasteiger partial charge in [0.1, 0.15) is 13.2 Å². The van der Waals surface area contributed by atoms with Gasteiger partial charge in [-0.3, -0.25) is 14.4 Å². The van der Waals surface area contributed by atoms with Crippen LogP contribution in [0.25, 0.3) is 0 Å². The van der Waals surface area contributed by atoms with Crippen LogP contribution < -0.4 is 0 Å². The molecule has 0 aromatic heterocycles. The molecule has 0 aliphatic heterocycles. The molecule has 0 fully saturated rings. The first-order chi connectivity index (χ1) is 35.5. The zero-order valence-corrected chi connectivity index (χ0v) is 47.4. The van der Waals surface area contributed by atoms with Crippen LogP contribution in [0.15, 0.2) is 85.1 Å². The van der Waals surface area contributed by atoms with Gasteiger partial charge >= 0.3 is 17.9 Å². The second-order valence-corrected chi connectivity index (χ2v) is 20.2. The first kappa shape index (κ1) is 68.6. The Hall–Kier alpha value is -3.41. The lowest BCUT2D eigenvalue weighted by atomic mass is 10.0. The highest BCUT2D eigenvalue weighted by molar-refractivity contribution is 5.71. The summed E-state index contributed by atoms with van der Waals surface area (Å²) in [6, 6.07) is 0. The molecule has 1 atom stereocenters. The average molecular weight is 1000 g/mol. The Morgan fingerprint density at radius 1 is 0.292 bits per heavy atom. The minimum absolute atomic E-state index is 0.0814. The molecule has 0 saturated heterocycles. The average Bonchev–Trinajstić information content (AvgIpc) is 3.38. The Balaban J connectivity index is 4.33. The van der Waals surface area contributed by atoms with Crippen molar-refractivity contribution < 1.29 is 28.6 Å². The Kier molecular flexibility index (Phi) is 57.3. The largest absolute Gasteiger partial charge is 0.462 e. The van der Waals surface area contributed by atoms with Crippen LogP contribution in [0.1, 0.15) is 297 Å². The second-order valence-electron chi connectivity index (χ2n) is 20.2. The quantitative estimate of drug-likeness (QED) is 0.0261. The minimum atomic E-state index is -0.785. The molecule has 0 aromatic carbocycles. The molecule has 0 amide bonds. The van der Waals surface area contributed by atoms with Gasteiger partial charge in [-0.1, -0.05) is 266 Å². The van der Waals surface area contributed by atoms with Gasteiger partial charge in [0, 0.05) is 19.3 Å². The SMILES string of the molecule is CC/C=C\C/C=C\C/C=C\C/C=C\C/C=C\CCCCCCCCCCCC(=O)OCC(COC(=O)CCCCCCCCCCCCCCC)OC(=O)CCCCCCC/C=C\C/C=C\CCCCCC. The number of hydrogen-bond acceptors (Lipinski definition) is 6. The molecule has 414 valence electrons. The third-order valence-electron chi connectivity index (χ3n) is 13.1. The van der Waals surface area contributed by atoms with E-state index in [4.69, 9.17) is 14.2 Å². The maximum atomic E-state index is 12.9.